The van der Waals surface area contributed by atoms with Gasteiger partial charge in [-0.25, -0.2) is 0 Å². The molecule has 0 N–H and O–H groups in total. The molecular weight excluding hydrogens is 645 g/mol. The monoisotopic (exact) mass is 715 g/mol. The van der Waals surface area contributed by atoms with Gasteiger partial charge < -0.3 is 0 Å². The molecule has 53 heavy (non-hydrogen) atoms. The molecule has 0 spiro atoms. The molecule has 4 rings (SSSR count). The lowest BCUT2D eigenvalue weighted by atomic mass is 9.56. The Labute approximate surface area is 324 Å². The first kappa shape index (κ1) is 42.2. The SMILES string of the molecule is CC(C)=CCC/C(C)=C/CC/C(C)=C/CC/C(C)=C/CC/C(C)=C/CC/C(C)=C/CC/C(C)=C/CC12C=CC(C1)C1(C)C(=O)c3ccccc3C(=O)C21. The fourth-order valence-electron chi connectivity index (χ4n) is 9.03. The van der Waals surface area contributed by atoms with Crippen LogP contribution < -0.4 is 0 Å². The third kappa shape index (κ3) is 11.3. The zero-order chi connectivity index (χ0) is 38.6. The summed E-state index contributed by atoms with van der Waals surface area (Å²) in [6.07, 6.45) is 36.6. The molecule has 0 aliphatic heterocycles. The summed E-state index contributed by atoms with van der Waals surface area (Å²) in [5.74, 6) is 0.210. The van der Waals surface area contributed by atoms with E-state index in [-0.39, 0.29) is 28.8 Å². The zero-order valence-electron chi connectivity index (χ0n) is 34.9. The number of Topliss-reactive ketones (excluding diaryl/α,β-unsaturated/α-hetero) is 2. The van der Waals surface area contributed by atoms with E-state index < -0.39 is 5.41 Å². The van der Waals surface area contributed by atoms with Crippen molar-refractivity contribution >= 4 is 11.6 Å². The summed E-state index contributed by atoms with van der Waals surface area (Å²) in [5.41, 5.74) is 10.7. The Bertz CT molecular complexity index is 1710. The van der Waals surface area contributed by atoms with Gasteiger partial charge in [-0.2, -0.15) is 0 Å². The van der Waals surface area contributed by atoms with Crippen molar-refractivity contribution in [2.75, 3.05) is 0 Å². The molecule has 3 aliphatic rings. The van der Waals surface area contributed by atoms with Gasteiger partial charge >= 0.3 is 0 Å². The summed E-state index contributed by atoms with van der Waals surface area (Å²) in [7, 11) is 0. The second-order valence-electron chi connectivity index (χ2n) is 17.4. The number of benzene rings is 1. The molecule has 2 bridgehead atoms. The Balaban J connectivity index is 1.13. The molecule has 0 heterocycles. The van der Waals surface area contributed by atoms with Crippen LogP contribution in [0.25, 0.3) is 0 Å². The predicted molar refractivity (Wildman–Crippen MR) is 228 cm³/mol. The van der Waals surface area contributed by atoms with Gasteiger partial charge in [0.05, 0.1) is 0 Å². The van der Waals surface area contributed by atoms with Gasteiger partial charge in [0.25, 0.3) is 0 Å². The Morgan fingerprint density at radius 3 is 1.42 bits per heavy atom. The normalized spacial score (nSPS) is 24.9. The number of fused-ring (bicyclic) bond motifs is 6. The second-order valence-corrected chi connectivity index (χ2v) is 17.4. The third-order valence-electron chi connectivity index (χ3n) is 12.5. The van der Waals surface area contributed by atoms with Gasteiger partial charge in [-0.05, 0) is 151 Å². The van der Waals surface area contributed by atoms with Crippen LogP contribution in [-0.4, -0.2) is 11.6 Å². The van der Waals surface area contributed by atoms with Gasteiger partial charge in [-0.15, -0.1) is 0 Å². The van der Waals surface area contributed by atoms with E-state index >= 15 is 0 Å². The Hall–Kier alpha value is -3.52. The van der Waals surface area contributed by atoms with Gasteiger partial charge in [0.2, 0.25) is 0 Å². The fourth-order valence-corrected chi connectivity index (χ4v) is 9.03. The molecule has 4 atom stereocenters. The second kappa shape index (κ2) is 19.7. The highest BCUT2D eigenvalue weighted by molar-refractivity contribution is 6.18. The van der Waals surface area contributed by atoms with Crippen molar-refractivity contribution in [3.63, 3.8) is 0 Å². The highest BCUT2D eigenvalue weighted by Gasteiger charge is 2.68. The number of hydrogen-bond donors (Lipinski definition) is 0. The van der Waals surface area contributed by atoms with E-state index in [2.05, 4.69) is 117 Å². The van der Waals surface area contributed by atoms with Gasteiger partial charge in [0, 0.05) is 27.9 Å². The van der Waals surface area contributed by atoms with E-state index in [0.29, 0.717) is 11.1 Å². The largest absolute Gasteiger partial charge is 0.294 e. The molecule has 0 radical (unpaired) electrons. The number of hydrogen-bond acceptors (Lipinski definition) is 2. The maximum atomic E-state index is 13.8. The maximum absolute atomic E-state index is 13.8. The first-order valence-electron chi connectivity index (χ1n) is 20.7. The smallest absolute Gasteiger partial charge is 0.170 e. The number of carbonyl (C=O) groups is 2. The van der Waals surface area contributed by atoms with Crippen molar-refractivity contribution in [1.29, 1.82) is 0 Å². The van der Waals surface area contributed by atoms with Gasteiger partial charge in [0.15, 0.2) is 11.6 Å². The van der Waals surface area contributed by atoms with Crippen LogP contribution in [0.5, 0.6) is 0 Å². The maximum Gasteiger partial charge on any atom is 0.170 e. The van der Waals surface area contributed by atoms with Gasteiger partial charge in [-0.3, -0.25) is 9.59 Å². The number of ketones is 2. The molecule has 3 aliphatic carbocycles. The summed E-state index contributed by atoms with van der Waals surface area (Å²) in [6.45, 7) is 20.0. The van der Waals surface area contributed by atoms with E-state index in [1.807, 2.05) is 24.3 Å². The minimum absolute atomic E-state index is 0.146. The van der Waals surface area contributed by atoms with Crippen LogP contribution in [-0.2, 0) is 0 Å². The Morgan fingerprint density at radius 1 is 0.585 bits per heavy atom. The van der Waals surface area contributed by atoms with Crippen molar-refractivity contribution in [1.82, 2.24) is 0 Å². The van der Waals surface area contributed by atoms with Crippen LogP contribution in [0.1, 0.15) is 173 Å². The van der Waals surface area contributed by atoms with Crippen molar-refractivity contribution in [2.45, 2.75) is 152 Å². The highest BCUT2D eigenvalue weighted by atomic mass is 16.1. The molecule has 286 valence electrons. The average molecular weight is 715 g/mol. The lowest BCUT2D eigenvalue weighted by molar-refractivity contribution is 0.0482. The van der Waals surface area contributed by atoms with Crippen LogP contribution in [0.3, 0.4) is 0 Å². The molecule has 4 unspecified atom stereocenters. The molecule has 1 aromatic rings. The summed E-state index contributed by atoms with van der Waals surface area (Å²) < 4.78 is 0. The highest BCUT2D eigenvalue weighted by Crippen LogP contribution is 2.67. The molecule has 0 saturated heterocycles. The van der Waals surface area contributed by atoms with E-state index in [1.165, 1.54) is 51.9 Å². The van der Waals surface area contributed by atoms with Gasteiger partial charge in [-0.1, -0.05) is 125 Å². The molecule has 2 heteroatoms. The molecule has 2 nitrogen and oxygen atoms in total. The van der Waals surface area contributed by atoms with Crippen molar-refractivity contribution in [3.8, 4) is 0 Å². The molecule has 0 amide bonds. The fraction of sp³-hybridized carbons (Fsp3) is 0.529. The number of allylic oxidation sites excluding steroid dienone is 16. The van der Waals surface area contributed by atoms with Crippen LogP contribution in [0, 0.1) is 22.7 Å². The molecule has 1 aromatic carbocycles. The first-order chi connectivity index (χ1) is 25.3. The van der Waals surface area contributed by atoms with Crippen molar-refractivity contribution in [2.24, 2.45) is 22.7 Å². The Morgan fingerprint density at radius 2 is 0.981 bits per heavy atom. The lowest BCUT2D eigenvalue weighted by Crippen LogP contribution is -2.50. The van der Waals surface area contributed by atoms with Crippen molar-refractivity contribution < 1.29 is 9.59 Å². The average Bonchev–Trinajstić information content (AvgIpc) is 3.65. The van der Waals surface area contributed by atoms with E-state index in [4.69, 9.17) is 0 Å². The summed E-state index contributed by atoms with van der Waals surface area (Å²) >= 11 is 0. The summed E-state index contributed by atoms with van der Waals surface area (Å²) in [6, 6.07) is 7.46. The third-order valence-corrected chi connectivity index (χ3v) is 12.5. The minimum atomic E-state index is -0.621. The predicted octanol–water partition coefficient (Wildman–Crippen LogP) is 15.0. The van der Waals surface area contributed by atoms with E-state index in [0.717, 1.165) is 77.0 Å². The van der Waals surface area contributed by atoms with Crippen LogP contribution in [0.4, 0.5) is 0 Å². The zero-order valence-corrected chi connectivity index (χ0v) is 34.9. The lowest BCUT2D eigenvalue weighted by Gasteiger charge is -2.44. The van der Waals surface area contributed by atoms with Crippen LogP contribution >= 0.6 is 0 Å². The van der Waals surface area contributed by atoms with Crippen molar-refractivity contribution in [3.05, 3.63) is 129 Å². The summed E-state index contributed by atoms with van der Waals surface area (Å²) in [4.78, 5) is 27.6. The minimum Gasteiger partial charge on any atom is -0.294 e. The first-order valence-corrected chi connectivity index (χ1v) is 20.7. The van der Waals surface area contributed by atoms with Crippen LogP contribution in [0.2, 0.25) is 0 Å². The molecule has 1 fully saturated rings. The number of rotatable bonds is 20. The molecule has 1 saturated carbocycles. The van der Waals surface area contributed by atoms with E-state index in [1.54, 1.807) is 0 Å². The quantitative estimate of drug-likeness (QED) is 0.126. The molecule has 0 aromatic heterocycles. The number of carbonyl (C=O) groups excluding carboxylic acids is 2. The Kier molecular flexibility index (Phi) is 15.7. The van der Waals surface area contributed by atoms with Crippen LogP contribution in [0.15, 0.2) is 118 Å². The standard InChI is InChI=1S/C51H70O2/c1-37(2)18-12-19-38(3)20-13-21-39(4)22-14-23-40(5)24-15-25-41(6)26-16-27-42(7)28-17-29-43(8)32-34-51-35-33-44(36-51)50(9)48(51)47(52)45-30-10-11-31-46(45)49(50)53/h10-11,18,20,22,24,26,28,30-33,35,44,48H,12-17,19,21,23,25,27,29,34,36H2,1-9H3/b38-20+,39-22+,40-24+,41-26+,42-28+,43-32+. The topological polar surface area (TPSA) is 34.1 Å². The summed E-state index contributed by atoms with van der Waals surface area (Å²) in [5, 5.41) is 0. The van der Waals surface area contributed by atoms with E-state index in [9.17, 15) is 9.59 Å². The van der Waals surface area contributed by atoms with Gasteiger partial charge in [0.1, 0.15) is 0 Å². The molecular formula is C51H70O2.